The highest BCUT2D eigenvalue weighted by Crippen LogP contribution is 2.34. The third-order valence-electron chi connectivity index (χ3n) is 5.49. The number of hydrogen-bond donors (Lipinski definition) is 4. The molecule has 3 rings (SSSR count). The van der Waals surface area contributed by atoms with E-state index in [2.05, 4.69) is 36.5 Å². The Morgan fingerprint density at radius 2 is 2.26 bits per heavy atom. The van der Waals surface area contributed by atoms with Crippen LogP contribution in [0.2, 0.25) is 0 Å². The first-order valence-corrected chi connectivity index (χ1v) is 11.1. The summed E-state index contributed by atoms with van der Waals surface area (Å²) in [7, 11) is 0. The SMILES string of the molecule is CSNCC1CN(c2cc(-c3cnc(/C=C\C(=N)C(F)F)[nH]3)ncn2)C(C)CC1(C)O. The fraction of sp³-hybridized carbons (Fsp3) is 0.500. The van der Waals surface area contributed by atoms with Crippen molar-refractivity contribution >= 4 is 29.6 Å². The van der Waals surface area contributed by atoms with E-state index in [9.17, 15) is 13.9 Å². The molecule has 2 aromatic heterocycles. The van der Waals surface area contributed by atoms with Gasteiger partial charge in [-0.1, -0.05) is 11.9 Å². The molecule has 1 aliphatic heterocycles. The number of anilines is 1. The van der Waals surface area contributed by atoms with Crippen LogP contribution in [0.4, 0.5) is 14.6 Å². The number of aromatic amines is 1. The van der Waals surface area contributed by atoms with E-state index >= 15 is 0 Å². The quantitative estimate of drug-likeness (QED) is 0.360. The number of H-pyrrole nitrogens is 1. The molecule has 3 unspecified atom stereocenters. The molecule has 1 aliphatic rings. The molecule has 0 spiro atoms. The van der Waals surface area contributed by atoms with Gasteiger partial charge in [-0.05, 0) is 38.7 Å². The molecule has 0 aromatic carbocycles. The normalized spacial score (nSPS) is 24.3. The molecule has 31 heavy (non-hydrogen) atoms. The third kappa shape index (κ3) is 5.66. The van der Waals surface area contributed by atoms with Crippen molar-refractivity contribution < 1.29 is 13.9 Å². The fourth-order valence-electron chi connectivity index (χ4n) is 3.72. The number of piperidine rings is 1. The second-order valence-electron chi connectivity index (χ2n) is 7.85. The molecule has 0 amide bonds. The van der Waals surface area contributed by atoms with Gasteiger partial charge in [0.25, 0.3) is 6.43 Å². The van der Waals surface area contributed by atoms with E-state index in [4.69, 9.17) is 5.41 Å². The van der Waals surface area contributed by atoms with E-state index in [0.717, 1.165) is 11.9 Å². The van der Waals surface area contributed by atoms with Crippen molar-refractivity contribution in [2.75, 3.05) is 24.2 Å². The summed E-state index contributed by atoms with van der Waals surface area (Å²) in [5, 5.41) is 18.0. The summed E-state index contributed by atoms with van der Waals surface area (Å²) in [6, 6.07) is 1.93. The van der Waals surface area contributed by atoms with Crippen LogP contribution in [0.15, 0.2) is 24.7 Å². The second kappa shape index (κ2) is 9.84. The molecule has 4 N–H and O–H groups in total. The molecular formula is C20H27F2N7OS. The standard InChI is InChI=1S/C20H27F2N7OS/c1-12-7-20(2,30)13(8-27-31-3)10-29(12)18-6-15(25-11-26-18)16-9-24-17(28-16)5-4-14(23)19(21)22/h4-6,9,11-13,19,23,27,30H,7-8,10H2,1-3H3,(H,24,28)/b5-4-,23-14?. The lowest BCUT2D eigenvalue weighted by atomic mass is 9.79. The number of nitrogens with zero attached hydrogens (tertiary/aromatic N) is 4. The summed E-state index contributed by atoms with van der Waals surface area (Å²) in [4.78, 5) is 18.1. The minimum Gasteiger partial charge on any atom is -0.390 e. The van der Waals surface area contributed by atoms with Crippen molar-refractivity contribution in [2.45, 2.75) is 38.3 Å². The van der Waals surface area contributed by atoms with E-state index < -0.39 is 17.7 Å². The second-order valence-corrected chi connectivity index (χ2v) is 8.54. The van der Waals surface area contributed by atoms with Crippen molar-refractivity contribution in [2.24, 2.45) is 5.92 Å². The van der Waals surface area contributed by atoms with Crippen LogP contribution in [0.5, 0.6) is 0 Å². The average molecular weight is 452 g/mol. The number of aromatic nitrogens is 4. The Kier molecular flexibility index (Phi) is 7.39. The minimum atomic E-state index is -2.82. The van der Waals surface area contributed by atoms with E-state index in [1.165, 1.54) is 24.4 Å². The van der Waals surface area contributed by atoms with E-state index in [1.807, 2.05) is 19.2 Å². The number of hydrogen-bond acceptors (Lipinski definition) is 8. The lowest BCUT2D eigenvalue weighted by molar-refractivity contribution is -0.0243. The molecular weight excluding hydrogens is 424 g/mol. The summed E-state index contributed by atoms with van der Waals surface area (Å²) in [6.07, 6.45) is 5.13. The van der Waals surface area contributed by atoms with Gasteiger partial charge >= 0.3 is 0 Å². The number of aliphatic hydroxyl groups is 1. The molecule has 0 saturated carbocycles. The van der Waals surface area contributed by atoms with E-state index in [0.29, 0.717) is 36.7 Å². The summed E-state index contributed by atoms with van der Waals surface area (Å²) in [5.74, 6) is 1.13. The topological polar surface area (TPSA) is 114 Å². The van der Waals surface area contributed by atoms with Crippen molar-refractivity contribution in [3.8, 4) is 11.4 Å². The zero-order valence-electron chi connectivity index (χ0n) is 17.6. The van der Waals surface area contributed by atoms with Gasteiger partial charge in [-0.3, -0.25) is 10.1 Å². The van der Waals surface area contributed by atoms with E-state index in [1.54, 1.807) is 6.20 Å². The van der Waals surface area contributed by atoms with Gasteiger partial charge in [0.05, 0.1) is 28.9 Å². The largest absolute Gasteiger partial charge is 0.390 e. The first kappa shape index (κ1) is 23.3. The van der Waals surface area contributed by atoms with Crippen LogP contribution < -0.4 is 9.62 Å². The number of nitrogens with one attached hydrogen (secondary N) is 3. The Bertz CT molecular complexity index is 934. The fourth-order valence-corrected chi connectivity index (χ4v) is 4.09. The number of rotatable bonds is 8. The molecule has 2 aromatic rings. The zero-order valence-corrected chi connectivity index (χ0v) is 18.5. The summed E-state index contributed by atoms with van der Waals surface area (Å²) in [5.41, 5.74) is -0.318. The first-order valence-electron chi connectivity index (χ1n) is 9.88. The molecule has 168 valence electrons. The van der Waals surface area contributed by atoms with Gasteiger partial charge in [0.2, 0.25) is 0 Å². The number of halogens is 2. The summed E-state index contributed by atoms with van der Waals surface area (Å²) < 4.78 is 28.1. The van der Waals surface area contributed by atoms with Crippen LogP contribution in [0.3, 0.4) is 0 Å². The van der Waals surface area contributed by atoms with Crippen LogP contribution in [0.1, 0.15) is 26.1 Å². The maximum atomic E-state index is 12.4. The number of alkyl halides is 2. The Labute approximate surface area is 184 Å². The average Bonchev–Trinajstić information content (AvgIpc) is 3.20. The Morgan fingerprint density at radius 3 is 2.97 bits per heavy atom. The first-order chi connectivity index (χ1) is 14.7. The Hall–Kier alpha value is -2.37. The molecule has 1 saturated heterocycles. The highest BCUT2D eigenvalue weighted by molar-refractivity contribution is 7.96. The smallest absolute Gasteiger partial charge is 0.279 e. The lowest BCUT2D eigenvalue weighted by Gasteiger charge is -2.47. The number of allylic oxidation sites excluding steroid dienone is 1. The van der Waals surface area contributed by atoms with Gasteiger partial charge in [0, 0.05) is 31.1 Å². The van der Waals surface area contributed by atoms with Crippen LogP contribution in [-0.4, -0.2) is 68.2 Å². The van der Waals surface area contributed by atoms with Crippen LogP contribution in [0, 0.1) is 11.3 Å². The van der Waals surface area contributed by atoms with Gasteiger partial charge in [-0.2, -0.15) is 0 Å². The maximum absolute atomic E-state index is 12.4. The van der Waals surface area contributed by atoms with Crippen molar-refractivity contribution in [1.82, 2.24) is 24.7 Å². The van der Waals surface area contributed by atoms with Crippen LogP contribution >= 0.6 is 11.9 Å². The van der Waals surface area contributed by atoms with Gasteiger partial charge < -0.3 is 15.0 Å². The Balaban J connectivity index is 1.79. The number of imidazole rings is 1. The lowest BCUT2D eigenvalue weighted by Crippen LogP contribution is -2.56. The highest BCUT2D eigenvalue weighted by atomic mass is 32.2. The molecule has 0 bridgehead atoms. The monoisotopic (exact) mass is 451 g/mol. The maximum Gasteiger partial charge on any atom is 0.279 e. The van der Waals surface area contributed by atoms with Crippen LogP contribution in [-0.2, 0) is 0 Å². The van der Waals surface area contributed by atoms with Gasteiger partial charge in [0.1, 0.15) is 18.0 Å². The molecule has 0 radical (unpaired) electrons. The Morgan fingerprint density at radius 1 is 1.48 bits per heavy atom. The van der Waals surface area contributed by atoms with Crippen molar-refractivity contribution in [1.29, 1.82) is 5.41 Å². The van der Waals surface area contributed by atoms with Gasteiger partial charge in [-0.15, -0.1) is 0 Å². The molecule has 3 heterocycles. The van der Waals surface area contributed by atoms with Gasteiger partial charge in [-0.25, -0.2) is 23.7 Å². The van der Waals surface area contributed by atoms with Crippen molar-refractivity contribution in [3.63, 3.8) is 0 Å². The van der Waals surface area contributed by atoms with Crippen molar-refractivity contribution in [3.05, 3.63) is 30.5 Å². The third-order valence-corrected chi connectivity index (χ3v) is 5.94. The minimum absolute atomic E-state index is 0.0311. The molecule has 8 nitrogen and oxygen atoms in total. The summed E-state index contributed by atoms with van der Waals surface area (Å²) in [6.45, 7) is 5.27. The summed E-state index contributed by atoms with van der Waals surface area (Å²) >= 11 is 1.53. The molecule has 0 aliphatic carbocycles. The zero-order chi connectivity index (χ0) is 22.6. The highest BCUT2D eigenvalue weighted by Gasteiger charge is 2.41. The molecule has 3 atom stereocenters. The predicted octanol–water partition coefficient (Wildman–Crippen LogP) is 3.00. The van der Waals surface area contributed by atoms with Gasteiger partial charge in [0.15, 0.2) is 0 Å². The predicted molar refractivity (Wildman–Crippen MR) is 119 cm³/mol. The van der Waals surface area contributed by atoms with E-state index in [-0.39, 0.29) is 12.0 Å². The molecule has 11 heteroatoms. The van der Waals surface area contributed by atoms with Crippen LogP contribution in [0.25, 0.3) is 17.5 Å². The molecule has 1 fully saturated rings.